The second kappa shape index (κ2) is 5.48. The number of benzene rings is 1. The van der Waals surface area contributed by atoms with E-state index in [0.29, 0.717) is 12.8 Å². The van der Waals surface area contributed by atoms with Crippen molar-refractivity contribution >= 4 is 11.9 Å². The second-order valence-electron chi connectivity index (χ2n) is 4.97. The van der Waals surface area contributed by atoms with Crippen molar-refractivity contribution in [2.24, 2.45) is 5.41 Å². The van der Waals surface area contributed by atoms with Gasteiger partial charge in [0.2, 0.25) is 0 Å². The Hall–Kier alpha value is -2.11. The molecule has 1 saturated carbocycles. The first-order valence-electron chi connectivity index (χ1n) is 6.34. The number of carbonyl (C=O) groups excluding carboxylic acids is 1. The number of ether oxygens (including phenoxy) is 1. The molecule has 0 aliphatic heterocycles. The first-order valence-corrected chi connectivity index (χ1v) is 6.34. The third-order valence-electron chi connectivity index (χ3n) is 3.76. The van der Waals surface area contributed by atoms with E-state index >= 15 is 0 Å². The molecule has 2 rings (SSSR count). The van der Waals surface area contributed by atoms with Crippen molar-refractivity contribution in [3.8, 4) is 5.75 Å². The third-order valence-corrected chi connectivity index (χ3v) is 3.76. The monoisotopic (exact) mass is 281 g/mol. The van der Waals surface area contributed by atoms with Gasteiger partial charge in [0.1, 0.15) is 0 Å². The largest absolute Gasteiger partial charge is 0.494 e. The number of carboxylic acid groups (broad SMARTS) is 1. The molecule has 20 heavy (non-hydrogen) atoms. The van der Waals surface area contributed by atoms with E-state index in [-0.39, 0.29) is 17.9 Å². The van der Waals surface area contributed by atoms with Gasteiger partial charge in [-0.15, -0.1) is 0 Å². The average Bonchev–Trinajstić information content (AvgIpc) is 2.37. The van der Waals surface area contributed by atoms with Crippen molar-refractivity contribution in [1.82, 2.24) is 5.32 Å². The summed E-state index contributed by atoms with van der Waals surface area (Å²) in [5.74, 6) is -1.89. The molecule has 0 aromatic heterocycles. The molecule has 0 spiro atoms. The van der Waals surface area contributed by atoms with Crippen molar-refractivity contribution in [3.63, 3.8) is 0 Å². The van der Waals surface area contributed by atoms with Crippen LogP contribution in [0.1, 0.15) is 29.6 Å². The summed E-state index contributed by atoms with van der Waals surface area (Å²) in [5, 5.41) is 11.8. The van der Waals surface area contributed by atoms with Gasteiger partial charge in [0.05, 0.1) is 12.5 Å². The number of carbonyl (C=O) groups is 2. The zero-order valence-electron chi connectivity index (χ0n) is 11.1. The highest BCUT2D eigenvalue weighted by Crippen LogP contribution is 2.40. The number of halogens is 1. The fraction of sp³-hybridized carbons (Fsp3) is 0.429. The second-order valence-corrected chi connectivity index (χ2v) is 4.97. The lowest BCUT2D eigenvalue weighted by Crippen LogP contribution is -2.47. The molecule has 6 heteroatoms. The van der Waals surface area contributed by atoms with Crippen molar-refractivity contribution < 1.29 is 23.8 Å². The molecule has 1 aliphatic rings. The van der Waals surface area contributed by atoms with Gasteiger partial charge in [-0.25, -0.2) is 4.39 Å². The Bertz CT molecular complexity index is 540. The van der Waals surface area contributed by atoms with E-state index in [2.05, 4.69) is 5.32 Å². The standard InChI is InChI=1S/C14H16FNO4/c1-20-11-7-9(3-4-10(11)15)12(17)16-8-14(13(18)19)5-2-6-14/h3-4,7H,2,5-6,8H2,1H3,(H,16,17)(H,18,19). The lowest BCUT2D eigenvalue weighted by molar-refractivity contribution is -0.153. The molecule has 0 atom stereocenters. The molecule has 5 nitrogen and oxygen atoms in total. The first kappa shape index (κ1) is 14.3. The summed E-state index contributed by atoms with van der Waals surface area (Å²) < 4.78 is 18.0. The molecule has 0 heterocycles. The Morgan fingerprint density at radius 1 is 1.45 bits per heavy atom. The number of nitrogens with one attached hydrogen (secondary N) is 1. The summed E-state index contributed by atoms with van der Waals surface area (Å²) >= 11 is 0. The van der Waals surface area contributed by atoms with Crippen LogP contribution in [0, 0.1) is 11.2 Å². The molecule has 0 radical (unpaired) electrons. The lowest BCUT2D eigenvalue weighted by atomic mass is 9.69. The van der Waals surface area contributed by atoms with E-state index in [1.165, 1.54) is 19.2 Å². The fourth-order valence-electron chi connectivity index (χ4n) is 2.22. The maximum atomic E-state index is 13.2. The highest BCUT2D eigenvalue weighted by molar-refractivity contribution is 5.95. The lowest BCUT2D eigenvalue weighted by Gasteiger charge is -2.37. The van der Waals surface area contributed by atoms with Crippen LogP contribution in [0.25, 0.3) is 0 Å². The number of amides is 1. The summed E-state index contributed by atoms with van der Waals surface area (Å²) in [7, 11) is 1.31. The van der Waals surface area contributed by atoms with Gasteiger partial charge < -0.3 is 15.2 Å². The van der Waals surface area contributed by atoms with Crippen molar-refractivity contribution in [3.05, 3.63) is 29.6 Å². The molecule has 1 aromatic carbocycles. The summed E-state index contributed by atoms with van der Waals surface area (Å²) in [6.45, 7) is 0.0842. The predicted molar refractivity (Wildman–Crippen MR) is 69.2 cm³/mol. The molecule has 1 fully saturated rings. The topological polar surface area (TPSA) is 75.6 Å². The fourth-order valence-corrected chi connectivity index (χ4v) is 2.22. The Morgan fingerprint density at radius 2 is 2.15 bits per heavy atom. The zero-order chi connectivity index (χ0) is 14.8. The van der Waals surface area contributed by atoms with Gasteiger partial charge in [0, 0.05) is 12.1 Å². The zero-order valence-corrected chi connectivity index (χ0v) is 11.1. The minimum absolute atomic E-state index is 0.0192. The molecule has 108 valence electrons. The van der Waals surface area contributed by atoms with Gasteiger partial charge in [-0.05, 0) is 31.0 Å². The van der Waals surface area contributed by atoms with Crippen LogP contribution in [-0.4, -0.2) is 30.6 Å². The number of hydrogen-bond donors (Lipinski definition) is 2. The van der Waals surface area contributed by atoms with Gasteiger partial charge in [-0.1, -0.05) is 6.42 Å². The minimum atomic E-state index is -0.888. The van der Waals surface area contributed by atoms with Gasteiger partial charge in [-0.2, -0.15) is 0 Å². The van der Waals surface area contributed by atoms with Gasteiger partial charge in [0.15, 0.2) is 11.6 Å². The molecule has 0 unspecified atom stereocenters. The summed E-state index contributed by atoms with van der Waals surface area (Å²) in [5.41, 5.74) is -0.608. The minimum Gasteiger partial charge on any atom is -0.494 e. The van der Waals surface area contributed by atoms with Crippen molar-refractivity contribution in [2.75, 3.05) is 13.7 Å². The summed E-state index contributed by atoms with van der Waals surface area (Å²) in [4.78, 5) is 23.1. The van der Waals surface area contributed by atoms with Gasteiger partial charge in [0.25, 0.3) is 5.91 Å². The van der Waals surface area contributed by atoms with Crippen LogP contribution in [0.2, 0.25) is 0 Å². The molecule has 1 aromatic rings. The van der Waals surface area contributed by atoms with Crippen LogP contribution >= 0.6 is 0 Å². The highest BCUT2D eigenvalue weighted by Gasteiger charge is 2.44. The van der Waals surface area contributed by atoms with E-state index in [9.17, 15) is 14.0 Å². The van der Waals surface area contributed by atoms with Crippen LogP contribution in [0.15, 0.2) is 18.2 Å². The van der Waals surface area contributed by atoms with Gasteiger partial charge >= 0.3 is 5.97 Å². The quantitative estimate of drug-likeness (QED) is 0.863. The molecular weight excluding hydrogens is 265 g/mol. The van der Waals surface area contributed by atoms with Crippen LogP contribution in [0.4, 0.5) is 4.39 Å². The van der Waals surface area contributed by atoms with Gasteiger partial charge in [-0.3, -0.25) is 9.59 Å². The van der Waals surface area contributed by atoms with Crippen LogP contribution < -0.4 is 10.1 Å². The van der Waals surface area contributed by atoms with Crippen LogP contribution in [0.3, 0.4) is 0 Å². The van der Waals surface area contributed by atoms with E-state index in [1.807, 2.05) is 0 Å². The molecule has 1 aliphatic carbocycles. The SMILES string of the molecule is COc1cc(C(=O)NCC2(C(=O)O)CCC2)ccc1F. The predicted octanol–water partition coefficient (Wildman–Crippen LogP) is 1.82. The smallest absolute Gasteiger partial charge is 0.311 e. The Kier molecular flexibility index (Phi) is 3.92. The maximum Gasteiger partial charge on any atom is 0.311 e. The first-order chi connectivity index (χ1) is 9.48. The number of methoxy groups -OCH3 is 1. The molecule has 2 N–H and O–H groups in total. The van der Waals surface area contributed by atoms with Crippen LogP contribution in [0.5, 0.6) is 5.75 Å². The maximum absolute atomic E-state index is 13.2. The van der Waals surface area contributed by atoms with E-state index in [0.717, 1.165) is 12.5 Å². The Labute approximate surface area is 115 Å². The highest BCUT2D eigenvalue weighted by atomic mass is 19.1. The molecule has 0 bridgehead atoms. The number of hydrogen-bond acceptors (Lipinski definition) is 3. The number of aliphatic carboxylic acids is 1. The summed E-state index contributed by atoms with van der Waals surface area (Å²) in [6, 6.07) is 3.77. The van der Waals surface area contributed by atoms with Crippen molar-refractivity contribution in [2.45, 2.75) is 19.3 Å². The van der Waals surface area contributed by atoms with Crippen molar-refractivity contribution in [1.29, 1.82) is 0 Å². The normalized spacial score (nSPS) is 16.1. The average molecular weight is 281 g/mol. The molecule has 0 saturated heterocycles. The molecular formula is C14H16FNO4. The summed E-state index contributed by atoms with van der Waals surface area (Å²) in [6.07, 6.45) is 1.98. The molecule has 1 amide bonds. The van der Waals surface area contributed by atoms with E-state index in [4.69, 9.17) is 9.84 Å². The number of carboxylic acids is 1. The Balaban J connectivity index is 2.03. The third kappa shape index (κ3) is 2.59. The Morgan fingerprint density at radius 3 is 2.65 bits per heavy atom. The van der Waals surface area contributed by atoms with E-state index < -0.39 is 23.1 Å². The number of rotatable bonds is 5. The van der Waals surface area contributed by atoms with E-state index in [1.54, 1.807) is 0 Å². The van der Waals surface area contributed by atoms with Crippen LogP contribution in [-0.2, 0) is 4.79 Å².